The van der Waals surface area contributed by atoms with Crippen LogP contribution in [0.3, 0.4) is 0 Å². The van der Waals surface area contributed by atoms with E-state index in [4.69, 9.17) is 9.15 Å². The molecule has 5 nitrogen and oxygen atoms in total. The Kier molecular flexibility index (Phi) is 4.57. The lowest BCUT2D eigenvalue weighted by molar-refractivity contribution is 0.0378. The predicted molar refractivity (Wildman–Crippen MR) is 93.9 cm³/mol. The van der Waals surface area contributed by atoms with Gasteiger partial charge in [0.2, 0.25) is 0 Å². The van der Waals surface area contributed by atoms with Crippen LogP contribution >= 0.6 is 0 Å². The fraction of sp³-hybridized carbons (Fsp3) is 0.200. The van der Waals surface area contributed by atoms with E-state index in [0.717, 1.165) is 5.56 Å². The quantitative estimate of drug-likeness (QED) is 0.580. The molecule has 0 saturated heterocycles. The van der Waals surface area contributed by atoms with Crippen molar-refractivity contribution in [3.05, 3.63) is 75.6 Å². The van der Waals surface area contributed by atoms with Crippen molar-refractivity contribution in [2.45, 2.75) is 26.4 Å². The smallest absolute Gasteiger partial charge is 0.343 e. The summed E-state index contributed by atoms with van der Waals surface area (Å²) in [7, 11) is 0. The first-order chi connectivity index (χ1) is 12.0. The van der Waals surface area contributed by atoms with Crippen molar-refractivity contribution in [3.8, 4) is 5.75 Å². The number of esters is 1. The zero-order chi connectivity index (χ0) is 18.0. The SMILES string of the molecule is CC(C)OC(=O)c1ccc(Cc2c(O)c3ccccc3oc2=O)cc1. The van der Waals surface area contributed by atoms with Crippen LogP contribution in [0.15, 0.2) is 57.7 Å². The maximum Gasteiger partial charge on any atom is 0.343 e. The second-order valence-corrected chi connectivity index (χ2v) is 6.04. The van der Waals surface area contributed by atoms with Crippen LogP contribution in [0.5, 0.6) is 5.75 Å². The van der Waals surface area contributed by atoms with Crippen LogP contribution in [0, 0.1) is 0 Å². The average molecular weight is 338 g/mol. The molecule has 0 amide bonds. The van der Waals surface area contributed by atoms with Crippen molar-refractivity contribution in [3.63, 3.8) is 0 Å². The number of carbonyl (C=O) groups excluding carboxylic acids is 1. The summed E-state index contributed by atoms with van der Waals surface area (Å²) in [6.45, 7) is 3.57. The van der Waals surface area contributed by atoms with Crippen LogP contribution < -0.4 is 5.63 Å². The molecule has 1 heterocycles. The number of ether oxygens (including phenoxy) is 1. The van der Waals surface area contributed by atoms with E-state index in [1.165, 1.54) is 0 Å². The van der Waals surface area contributed by atoms with Crippen LogP contribution in [0.2, 0.25) is 0 Å². The van der Waals surface area contributed by atoms with Crippen LogP contribution in [0.25, 0.3) is 11.0 Å². The number of benzene rings is 2. The molecule has 3 aromatic rings. The zero-order valence-corrected chi connectivity index (χ0v) is 14.0. The van der Waals surface area contributed by atoms with Gasteiger partial charge >= 0.3 is 11.6 Å². The van der Waals surface area contributed by atoms with Crippen molar-refractivity contribution >= 4 is 16.9 Å². The summed E-state index contributed by atoms with van der Waals surface area (Å²) in [5, 5.41) is 10.9. The molecule has 0 spiro atoms. The highest BCUT2D eigenvalue weighted by molar-refractivity contribution is 5.89. The van der Waals surface area contributed by atoms with Crippen molar-refractivity contribution in [1.29, 1.82) is 0 Å². The minimum absolute atomic E-state index is 0.0739. The highest BCUT2D eigenvalue weighted by Crippen LogP contribution is 2.27. The predicted octanol–water partition coefficient (Wildman–Crippen LogP) is 3.65. The third-order valence-electron chi connectivity index (χ3n) is 3.79. The van der Waals surface area contributed by atoms with Crippen molar-refractivity contribution in [2.75, 3.05) is 0 Å². The molecule has 25 heavy (non-hydrogen) atoms. The number of para-hydroxylation sites is 1. The maximum absolute atomic E-state index is 12.2. The third kappa shape index (κ3) is 3.55. The molecule has 0 atom stereocenters. The number of carbonyl (C=O) groups is 1. The second-order valence-electron chi connectivity index (χ2n) is 6.04. The maximum atomic E-state index is 12.2. The molecule has 2 aromatic carbocycles. The minimum atomic E-state index is -0.570. The molecule has 128 valence electrons. The van der Waals surface area contributed by atoms with Crippen LogP contribution in [0.1, 0.15) is 35.3 Å². The van der Waals surface area contributed by atoms with Gasteiger partial charge in [0.25, 0.3) is 0 Å². The number of hydrogen-bond donors (Lipinski definition) is 1. The lowest BCUT2D eigenvalue weighted by Gasteiger charge is -2.09. The van der Waals surface area contributed by atoms with Gasteiger partial charge < -0.3 is 14.3 Å². The molecule has 0 fully saturated rings. The lowest BCUT2D eigenvalue weighted by atomic mass is 10.0. The standard InChI is InChI=1S/C20H18O5/c1-12(2)24-19(22)14-9-7-13(8-10-14)11-16-18(21)15-5-3-4-6-17(15)25-20(16)23/h3-10,12,21H,11H2,1-2H3. The Morgan fingerprint density at radius 2 is 1.80 bits per heavy atom. The molecular formula is C20H18O5. The lowest BCUT2D eigenvalue weighted by Crippen LogP contribution is -2.12. The van der Waals surface area contributed by atoms with E-state index in [9.17, 15) is 14.7 Å². The van der Waals surface area contributed by atoms with E-state index in [-0.39, 0.29) is 23.8 Å². The van der Waals surface area contributed by atoms with Gasteiger partial charge in [-0.3, -0.25) is 0 Å². The second kappa shape index (κ2) is 6.81. The van der Waals surface area contributed by atoms with Gasteiger partial charge in [-0.2, -0.15) is 0 Å². The summed E-state index contributed by atoms with van der Waals surface area (Å²) < 4.78 is 10.4. The normalized spacial score (nSPS) is 11.0. The average Bonchev–Trinajstić information content (AvgIpc) is 2.58. The first-order valence-electron chi connectivity index (χ1n) is 7.99. The molecule has 0 aliphatic heterocycles. The highest BCUT2D eigenvalue weighted by Gasteiger charge is 2.15. The Balaban J connectivity index is 1.89. The summed E-state index contributed by atoms with van der Waals surface area (Å²) in [5.41, 5.74) is 1.18. The van der Waals surface area contributed by atoms with E-state index in [0.29, 0.717) is 16.5 Å². The molecule has 5 heteroatoms. The molecule has 0 radical (unpaired) electrons. The van der Waals surface area contributed by atoms with Gasteiger partial charge in [-0.1, -0.05) is 24.3 Å². The molecule has 3 rings (SSSR count). The van der Waals surface area contributed by atoms with Gasteiger partial charge in [0, 0.05) is 6.42 Å². The van der Waals surface area contributed by atoms with Crippen molar-refractivity contribution < 1.29 is 19.1 Å². The highest BCUT2D eigenvalue weighted by atomic mass is 16.5. The van der Waals surface area contributed by atoms with Gasteiger partial charge in [-0.05, 0) is 43.7 Å². The van der Waals surface area contributed by atoms with Crippen LogP contribution in [-0.4, -0.2) is 17.2 Å². The third-order valence-corrected chi connectivity index (χ3v) is 3.79. The zero-order valence-electron chi connectivity index (χ0n) is 14.0. The molecule has 1 aromatic heterocycles. The fourth-order valence-corrected chi connectivity index (χ4v) is 2.57. The van der Waals surface area contributed by atoms with Gasteiger partial charge in [-0.25, -0.2) is 9.59 Å². The van der Waals surface area contributed by atoms with Crippen LogP contribution in [0.4, 0.5) is 0 Å². The largest absolute Gasteiger partial charge is 0.507 e. The number of fused-ring (bicyclic) bond motifs is 1. The summed E-state index contributed by atoms with van der Waals surface area (Å²) in [5.74, 6) is -0.468. The first-order valence-corrected chi connectivity index (χ1v) is 7.99. The van der Waals surface area contributed by atoms with E-state index >= 15 is 0 Å². The first kappa shape index (κ1) is 16.8. The van der Waals surface area contributed by atoms with Gasteiger partial charge in [-0.15, -0.1) is 0 Å². The molecule has 0 unspecified atom stereocenters. The fourth-order valence-electron chi connectivity index (χ4n) is 2.57. The summed E-state index contributed by atoms with van der Waals surface area (Å²) in [6, 6.07) is 13.6. The number of hydrogen-bond acceptors (Lipinski definition) is 5. The molecule has 0 saturated carbocycles. The Morgan fingerprint density at radius 1 is 1.12 bits per heavy atom. The van der Waals surface area contributed by atoms with Crippen molar-refractivity contribution in [1.82, 2.24) is 0 Å². The van der Waals surface area contributed by atoms with Gasteiger partial charge in [0.15, 0.2) is 0 Å². The molecule has 0 aliphatic rings. The van der Waals surface area contributed by atoms with Gasteiger partial charge in [0.1, 0.15) is 11.3 Å². The minimum Gasteiger partial charge on any atom is -0.507 e. The van der Waals surface area contributed by atoms with E-state index < -0.39 is 11.6 Å². The number of aromatic hydroxyl groups is 1. The monoisotopic (exact) mass is 338 g/mol. The topological polar surface area (TPSA) is 76.7 Å². The Morgan fingerprint density at radius 3 is 2.48 bits per heavy atom. The molecule has 1 N–H and O–H groups in total. The summed E-state index contributed by atoms with van der Waals surface area (Å²) in [4.78, 5) is 24.0. The van der Waals surface area contributed by atoms with Crippen LogP contribution in [-0.2, 0) is 11.2 Å². The van der Waals surface area contributed by atoms with Gasteiger partial charge in [0.05, 0.1) is 22.6 Å². The molecule has 0 bridgehead atoms. The van der Waals surface area contributed by atoms with E-state index in [2.05, 4.69) is 0 Å². The Hall–Kier alpha value is -3.08. The molecule has 0 aliphatic carbocycles. The van der Waals surface area contributed by atoms with Crippen molar-refractivity contribution in [2.24, 2.45) is 0 Å². The Bertz CT molecular complexity index is 968. The Labute approximate surface area is 144 Å². The van der Waals surface area contributed by atoms with E-state index in [1.807, 2.05) is 0 Å². The van der Waals surface area contributed by atoms with E-state index in [1.54, 1.807) is 62.4 Å². The number of rotatable bonds is 4. The summed E-state index contributed by atoms with van der Waals surface area (Å²) in [6.07, 6.45) is 0.0183. The summed E-state index contributed by atoms with van der Waals surface area (Å²) >= 11 is 0. The molecular weight excluding hydrogens is 320 g/mol.